The van der Waals surface area contributed by atoms with Gasteiger partial charge in [0.25, 0.3) is 5.69 Å². The molecule has 1 aliphatic heterocycles. The number of non-ortho nitro benzene ring substituents is 1. The van der Waals surface area contributed by atoms with E-state index < -0.39 is 0 Å². The maximum absolute atomic E-state index is 10.7. The number of nitro groups is 1. The number of hydrogen-bond donors (Lipinski definition) is 1. The van der Waals surface area contributed by atoms with Gasteiger partial charge < -0.3 is 5.32 Å². The van der Waals surface area contributed by atoms with Crippen LogP contribution in [0.25, 0.3) is 10.4 Å². The molecule has 1 aliphatic rings. The molecular weight excluding hydrogens is 334 g/mol. The van der Waals surface area contributed by atoms with Crippen LogP contribution in [0, 0.1) is 10.1 Å². The lowest BCUT2D eigenvalue weighted by Gasteiger charge is -2.31. The van der Waals surface area contributed by atoms with Crippen molar-refractivity contribution in [3.8, 4) is 10.4 Å². The minimum absolute atomic E-state index is 0.130. The number of likely N-dealkylation sites (tertiary alicyclic amines) is 1. The molecule has 0 amide bonds. The van der Waals surface area contributed by atoms with Crippen LogP contribution >= 0.6 is 11.3 Å². The number of rotatable bonds is 7. The highest BCUT2D eigenvalue weighted by Gasteiger charge is 2.17. The molecule has 0 atom stereocenters. The molecule has 2 heterocycles. The Morgan fingerprint density at radius 1 is 1.24 bits per heavy atom. The number of nitro benzene ring substituents is 1. The van der Waals surface area contributed by atoms with Crippen molar-refractivity contribution in [2.24, 2.45) is 0 Å². The summed E-state index contributed by atoms with van der Waals surface area (Å²) in [6.07, 6.45) is 4.32. The smallest absolute Gasteiger partial charge is 0.269 e. The largest absolute Gasteiger partial charge is 0.309 e. The summed E-state index contributed by atoms with van der Waals surface area (Å²) in [4.78, 5) is 15.2. The van der Waals surface area contributed by atoms with Crippen molar-refractivity contribution in [2.45, 2.75) is 25.4 Å². The van der Waals surface area contributed by atoms with Gasteiger partial charge in [0.15, 0.2) is 0 Å². The van der Waals surface area contributed by atoms with Crippen LogP contribution in [0.2, 0.25) is 0 Å². The minimum atomic E-state index is -0.367. The molecule has 1 aromatic heterocycles. The van der Waals surface area contributed by atoms with Crippen molar-refractivity contribution in [2.75, 3.05) is 19.6 Å². The summed E-state index contributed by atoms with van der Waals surface area (Å²) in [6.45, 7) is 7.92. The molecule has 1 aromatic carbocycles. The summed E-state index contributed by atoms with van der Waals surface area (Å²) in [6, 6.07) is 11.6. The second-order valence-corrected chi connectivity index (χ2v) is 7.48. The first-order chi connectivity index (χ1) is 12.2. The molecule has 1 saturated heterocycles. The van der Waals surface area contributed by atoms with E-state index in [0.29, 0.717) is 6.04 Å². The van der Waals surface area contributed by atoms with E-state index in [9.17, 15) is 10.1 Å². The lowest BCUT2D eigenvalue weighted by molar-refractivity contribution is -0.384. The van der Waals surface area contributed by atoms with Gasteiger partial charge in [-0.2, -0.15) is 0 Å². The number of benzene rings is 1. The Morgan fingerprint density at radius 3 is 2.60 bits per heavy atom. The van der Waals surface area contributed by atoms with Gasteiger partial charge in [0.1, 0.15) is 0 Å². The number of nitrogens with zero attached hydrogens (tertiary/aromatic N) is 2. The Bertz CT molecular complexity index is 719. The Kier molecular flexibility index (Phi) is 5.96. The van der Waals surface area contributed by atoms with Gasteiger partial charge in [-0.25, -0.2) is 0 Å². The van der Waals surface area contributed by atoms with Gasteiger partial charge in [-0.15, -0.1) is 17.9 Å². The fourth-order valence-corrected chi connectivity index (χ4v) is 4.09. The van der Waals surface area contributed by atoms with E-state index in [1.807, 2.05) is 18.2 Å². The predicted molar refractivity (Wildman–Crippen MR) is 103 cm³/mol. The Balaban J connectivity index is 1.52. The van der Waals surface area contributed by atoms with E-state index in [1.54, 1.807) is 23.5 Å². The normalized spacial score (nSPS) is 16.0. The van der Waals surface area contributed by atoms with Crippen molar-refractivity contribution in [1.82, 2.24) is 10.2 Å². The molecule has 132 valence electrons. The highest BCUT2D eigenvalue weighted by molar-refractivity contribution is 7.15. The molecule has 2 aromatic rings. The van der Waals surface area contributed by atoms with Gasteiger partial charge in [-0.1, -0.05) is 6.08 Å². The van der Waals surface area contributed by atoms with E-state index >= 15 is 0 Å². The van der Waals surface area contributed by atoms with Crippen molar-refractivity contribution < 1.29 is 4.92 Å². The Morgan fingerprint density at radius 2 is 1.96 bits per heavy atom. The summed E-state index contributed by atoms with van der Waals surface area (Å²) in [5.41, 5.74) is 1.16. The first kappa shape index (κ1) is 17.8. The van der Waals surface area contributed by atoms with Crippen LogP contribution in [0.1, 0.15) is 17.7 Å². The fraction of sp³-hybridized carbons (Fsp3) is 0.368. The molecule has 0 spiro atoms. The third-order valence-corrected chi connectivity index (χ3v) is 5.70. The number of hydrogen-bond acceptors (Lipinski definition) is 5. The van der Waals surface area contributed by atoms with E-state index in [-0.39, 0.29) is 10.6 Å². The van der Waals surface area contributed by atoms with Crippen LogP contribution in [0.15, 0.2) is 49.1 Å². The molecule has 0 saturated carbocycles. The third kappa shape index (κ3) is 4.75. The van der Waals surface area contributed by atoms with E-state index in [2.05, 4.69) is 28.9 Å². The van der Waals surface area contributed by atoms with Gasteiger partial charge in [-0.3, -0.25) is 15.0 Å². The van der Waals surface area contributed by atoms with Crippen LogP contribution in [-0.4, -0.2) is 35.5 Å². The molecular formula is C19H23N3O2S. The molecule has 6 heteroatoms. The highest BCUT2D eigenvalue weighted by atomic mass is 32.1. The standard InChI is InChI=1S/C19H23N3O2S/c1-2-11-21-12-9-16(10-13-21)20-14-18-7-8-19(25-18)15-3-5-17(6-4-15)22(23)24/h2-8,16,20H,1,9-14H2. The molecule has 0 unspecified atom stereocenters. The van der Waals surface area contributed by atoms with Crippen LogP contribution in [0.4, 0.5) is 5.69 Å². The average Bonchev–Trinajstić information content (AvgIpc) is 3.10. The Hall–Kier alpha value is -2.02. The summed E-state index contributed by atoms with van der Waals surface area (Å²) < 4.78 is 0. The molecule has 1 N–H and O–H groups in total. The number of piperidine rings is 1. The maximum atomic E-state index is 10.7. The number of thiophene rings is 1. The summed E-state index contributed by atoms with van der Waals surface area (Å²) in [5.74, 6) is 0. The second-order valence-electron chi connectivity index (χ2n) is 6.31. The quantitative estimate of drug-likeness (QED) is 0.461. The fourth-order valence-electron chi connectivity index (χ4n) is 3.12. The summed E-state index contributed by atoms with van der Waals surface area (Å²) in [7, 11) is 0. The monoisotopic (exact) mass is 357 g/mol. The van der Waals surface area contributed by atoms with Gasteiger partial charge >= 0.3 is 0 Å². The number of nitrogens with one attached hydrogen (secondary N) is 1. The molecule has 0 radical (unpaired) electrons. The van der Waals surface area contributed by atoms with Crippen LogP contribution in [-0.2, 0) is 6.54 Å². The van der Waals surface area contributed by atoms with Crippen LogP contribution in [0.5, 0.6) is 0 Å². The van der Waals surface area contributed by atoms with Gasteiger partial charge in [0.05, 0.1) is 4.92 Å². The van der Waals surface area contributed by atoms with Crippen molar-refractivity contribution in [3.05, 3.63) is 64.0 Å². The summed E-state index contributed by atoms with van der Waals surface area (Å²) in [5, 5.41) is 14.4. The second kappa shape index (κ2) is 8.38. The maximum Gasteiger partial charge on any atom is 0.269 e. The van der Waals surface area contributed by atoms with Crippen molar-refractivity contribution in [1.29, 1.82) is 0 Å². The molecule has 0 aliphatic carbocycles. The molecule has 0 bridgehead atoms. The van der Waals surface area contributed by atoms with E-state index in [4.69, 9.17) is 0 Å². The third-order valence-electron chi connectivity index (χ3n) is 4.56. The first-order valence-electron chi connectivity index (χ1n) is 8.56. The first-order valence-corrected chi connectivity index (χ1v) is 9.37. The molecule has 3 rings (SSSR count). The zero-order chi connectivity index (χ0) is 17.6. The van der Waals surface area contributed by atoms with Gasteiger partial charge in [0.2, 0.25) is 0 Å². The van der Waals surface area contributed by atoms with E-state index in [0.717, 1.165) is 36.6 Å². The van der Waals surface area contributed by atoms with E-state index in [1.165, 1.54) is 17.7 Å². The zero-order valence-electron chi connectivity index (χ0n) is 14.2. The summed E-state index contributed by atoms with van der Waals surface area (Å²) >= 11 is 1.74. The SMILES string of the molecule is C=CCN1CCC(NCc2ccc(-c3ccc([N+](=O)[O-])cc3)s2)CC1. The lowest BCUT2D eigenvalue weighted by Crippen LogP contribution is -2.42. The van der Waals surface area contributed by atoms with Crippen LogP contribution < -0.4 is 5.32 Å². The zero-order valence-corrected chi connectivity index (χ0v) is 15.0. The van der Waals surface area contributed by atoms with Gasteiger partial charge in [-0.05, 0) is 55.8 Å². The molecule has 25 heavy (non-hydrogen) atoms. The van der Waals surface area contributed by atoms with Crippen molar-refractivity contribution >= 4 is 17.0 Å². The Labute approximate surface area is 152 Å². The topological polar surface area (TPSA) is 58.4 Å². The molecule has 5 nitrogen and oxygen atoms in total. The lowest BCUT2D eigenvalue weighted by atomic mass is 10.1. The van der Waals surface area contributed by atoms with Gasteiger partial charge in [0, 0.05) is 41.0 Å². The van der Waals surface area contributed by atoms with Crippen LogP contribution in [0.3, 0.4) is 0 Å². The highest BCUT2D eigenvalue weighted by Crippen LogP contribution is 2.29. The minimum Gasteiger partial charge on any atom is -0.309 e. The predicted octanol–water partition coefficient (Wildman–Crippen LogP) is 4.06. The molecule has 1 fully saturated rings. The average molecular weight is 357 g/mol. The van der Waals surface area contributed by atoms with Crippen molar-refractivity contribution in [3.63, 3.8) is 0 Å².